The fourth-order valence-corrected chi connectivity index (χ4v) is 3.97. The van der Waals surface area contributed by atoms with Crippen LogP contribution in [-0.2, 0) is 9.53 Å². The first-order chi connectivity index (χ1) is 16.1. The van der Waals surface area contributed by atoms with Crippen LogP contribution in [0.3, 0.4) is 0 Å². The zero-order valence-corrected chi connectivity index (χ0v) is 21.2. The first-order valence-corrected chi connectivity index (χ1v) is 12.1. The minimum Gasteiger partial charge on any atom is -0.386 e. The average Bonchev–Trinajstić information content (AvgIpc) is 2.81. The Balaban J connectivity index is 2.01. The zero-order chi connectivity index (χ0) is 25.1. The molecular formula is C25H37N5O3S. The maximum absolute atomic E-state index is 12.0. The first kappa shape index (κ1) is 27.7. The summed E-state index contributed by atoms with van der Waals surface area (Å²) in [5, 5.41) is 17.7. The monoisotopic (exact) mass is 487 g/mol. The van der Waals surface area contributed by atoms with E-state index in [2.05, 4.69) is 39.8 Å². The Morgan fingerprint density at radius 1 is 1.32 bits per heavy atom. The number of thioether (sulfide) groups is 1. The van der Waals surface area contributed by atoms with Crippen LogP contribution in [0.4, 0.5) is 0 Å². The number of nitrogens with one attached hydrogen (secondary N) is 2. The highest BCUT2D eigenvalue weighted by Crippen LogP contribution is 2.29. The molecule has 2 heterocycles. The average molecular weight is 488 g/mol. The predicted octanol–water partition coefficient (Wildman–Crippen LogP) is 2.20. The van der Waals surface area contributed by atoms with E-state index >= 15 is 0 Å². The fourth-order valence-electron chi connectivity index (χ4n) is 3.00. The molecule has 8 nitrogen and oxygen atoms in total. The van der Waals surface area contributed by atoms with Gasteiger partial charge in [-0.25, -0.2) is 0 Å². The van der Waals surface area contributed by atoms with Crippen molar-refractivity contribution in [1.82, 2.24) is 15.5 Å². The third kappa shape index (κ3) is 8.98. The number of aliphatic hydroxyl groups is 1. The Labute approximate surface area is 207 Å². The summed E-state index contributed by atoms with van der Waals surface area (Å²) >= 11 is 1.29. The number of hydrogen-bond donors (Lipinski definition) is 4. The van der Waals surface area contributed by atoms with Gasteiger partial charge in [-0.2, -0.15) is 0 Å². The molecule has 1 amide bonds. The van der Waals surface area contributed by atoms with E-state index in [1.165, 1.54) is 11.8 Å². The lowest BCUT2D eigenvalue weighted by Crippen LogP contribution is -2.36. The zero-order valence-electron chi connectivity index (χ0n) is 20.4. The van der Waals surface area contributed by atoms with Crippen LogP contribution in [0.1, 0.15) is 20.3 Å². The lowest BCUT2D eigenvalue weighted by molar-refractivity contribution is -0.114. The van der Waals surface area contributed by atoms with Crippen molar-refractivity contribution in [3.63, 3.8) is 0 Å². The van der Waals surface area contributed by atoms with Crippen LogP contribution < -0.4 is 16.4 Å². The van der Waals surface area contributed by atoms with E-state index in [4.69, 9.17) is 10.5 Å². The molecule has 0 bridgehead atoms. The number of allylic oxidation sites excluding steroid dienone is 3. The molecule has 0 unspecified atom stereocenters. The summed E-state index contributed by atoms with van der Waals surface area (Å²) in [4.78, 5) is 18.8. The lowest BCUT2D eigenvalue weighted by Gasteiger charge is -2.25. The minimum atomic E-state index is -1.02. The van der Waals surface area contributed by atoms with Gasteiger partial charge in [0.2, 0.25) is 5.91 Å². The molecule has 0 atom stereocenters. The molecule has 34 heavy (non-hydrogen) atoms. The molecule has 9 heteroatoms. The number of amides is 1. The van der Waals surface area contributed by atoms with Gasteiger partial charge in [0.1, 0.15) is 10.9 Å². The Bertz CT molecular complexity index is 919. The van der Waals surface area contributed by atoms with Crippen LogP contribution in [0.2, 0.25) is 0 Å². The van der Waals surface area contributed by atoms with Crippen molar-refractivity contribution in [3.05, 3.63) is 71.1 Å². The summed E-state index contributed by atoms with van der Waals surface area (Å²) < 4.78 is 5.37. The summed E-state index contributed by atoms with van der Waals surface area (Å²) in [7, 11) is 1.80. The highest BCUT2D eigenvalue weighted by Gasteiger charge is 2.22. The van der Waals surface area contributed by atoms with Crippen LogP contribution in [-0.4, -0.2) is 73.0 Å². The van der Waals surface area contributed by atoms with Crippen molar-refractivity contribution in [2.24, 2.45) is 10.7 Å². The van der Waals surface area contributed by atoms with E-state index in [0.717, 1.165) is 45.1 Å². The summed E-state index contributed by atoms with van der Waals surface area (Å²) in [6.45, 7) is 16.0. The minimum absolute atomic E-state index is 0.158. The van der Waals surface area contributed by atoms with E-state index in [-0.39, 0.29) is 6.54 Å². The summed E-state index contributed by atoms with van der Waals surface area (Å²) in [6.07, 6.45) is 10.4. The Morgan fingerprint density at radius 3 is 2.65 bits per heavy atom. The largest absolute Gasteiger partial charge is 0.386 e. The number of carbonyl (C=O) groups is 1. The topological polar surface area (TPSA) is 112 Å². The number of hydrogen-bond acceptors (Lipinski definition) is 8. The van der Waals surface area contributed by atoms with Gasteiger partial charge in [0, 0.05) is 26.7 Å². The number of aliphatic imine (C=N–C) groups is 1. The van der Waals surface area contributed by atoms with Crippen molar-refractivity contribution in [2.75, 3.05) is 46.4 Å². The summed E-state index contributed by atoms with van der Waals surface area (Å²) in [5.41, 5.74) is 6.18. The third-order valence-electron chi connectivity index (χ3n) is 5.33. The van der Waals surface area contributed by atoms with Gasteiger partial charge in [-0.3, -0.25) is 14.7 Å². The molecule has 1 fully saturated rings. The molecule has 186 valence electrons. The van der Waals surface area contributed by atoms with Crippen molar-refractivity contribution in [1.29, 1.82) is 0 Å². The number of nitrogens with two attached hydrogens (primary N) is 1. The first-order valence-electron chi connectivity index (χ1n) is 11.3. The smallest absolute Gasteiger partial charge is 0.249 e. The number of morpholine rings is 1. The molecule has 1 saturated heterocycles. The second kappa shape index (κ2) is 13.3. The highest BCUT2D eigenvalue weighted by molar-refractivity contribution is 8.17. The van der Waals surface area contributed by atoms with Gasteiger partial charge in [-0.15, -0.1) is 0 Å². The van der Waals surface area contributed by atoms with Crippen LogP contribution in [0.5, 0.6) is 0 Å². The molecule has 5 N–H and O–H groups in total. The maximum Gasteiger partial charge on any atom is 0.249 e. The maximum atomic E-state index is 12.0. The number of ether oxygens (including phenoxy) is 1. The summed E-state index contributed by atoms with van der Waals surface area (Å²) in [6, 6.07) is 0. The van der Waals surface area contributed by atoms with Crippen LogP contribution in [0.15, 0.2) is 76.1 Å². The molecule has 2 aliphatic heterocycles. The molecule has 2 aliphatic rings. The van der Waals surface area contributed by atoms with Crippen molar-refractivity contribution in [3.8, 4) is 0 Å². The van der Waals surface area contributed by atoms with E-state index in [9.17, 15) is 9.90 Å². The Kier molecular flexibility index (Phi) is 10.8. The quantitative estimate of drug-likeness (QED) is 0.312. The van der Waals surface area contributed by atoms with Crippen molar-refractivity contribution < 1.29 is 14.6 Å². The lowest BCUT2D eigenvalue weighted by atomic mass is 9.99. The molecule has 2 rings (SSSR count). The molecule has 0 aromatic rings. The van der Waals surface area contributed by atoms with Gasteiger partial charge in [-0.1, -0.05) is 49.2 Å². The number of nitrogens with zero attached hydrogens (tertiary/aromatic N) is 2. The number of rotatable bonds is 12. The van der Waals surface area contributed by atoms with Gasteiger partial charge in [-0.05, 0) is 37.5 Å². The van der Waals surface area contributed by atoms with E-state index in [1.807, 2.05) is 12.2 Å². The van der Waals surface area contributed by atoms with Gasteiger partial charge < -0.3 is 26.2 Å². The molecular weight excluding hydrogens is 450 g/mol. The van der Waals surface area contributed by atoms with Crippen LogP contribution in [0, 0.1) is 0 Å². The second-order valence-electron chi connectivity index (χ2n) is 8.46. The Morgan fingerprint density at radius 2 is 2.03 bits per heavy atom. The third-order valence-corrected chi connectivity index (χ3v) is 6.47. The highest BCUT2D eigenvalue weighted by atomic mass is 32.2. The standard InChI is InChI=1S/C25H37N5O3S/c1-18(10-11-19(2)25(3,4)32)23-28-17-20(22(26)31)24(34-23)29-21(27-5)9-7-6-8-12-30-13-15-33-16-14-30/h6-7,9-11,27,29,32H,1-2,8,12-17H2,3-5H3,(H2,26,31)/b7-6-,11-10-,21-9+. The van der Waals surface area contributed by atoms with Crippen molar-refractivity contribution >= 4 is 22.7 Å². The number of primary amides is 1. The fraction of sp³-hybridized carbons (Fsp3) is 0.440. The summed E-state index contributed by atoms with van der Waals surface area (Å²) in [5.74, 6) is 0.201. The molecule has 0 aliphatic carbocycles. The SMILES string of the molecule is C=C(/C=C\C(=C)C(C)(C)O)C1=NCC(C(N)=O)=C(N/C(=C/C=C\CCN2CCOCC2)NC)S1. The van der Waals surface area contributed by atoms with Crippen LogP contribution in [0.25, 0.3) is 0 Å². The number of carbonyl (C=O) groups excluding carboxylic acids is 1. The van der Waals surface area contributed by atoms with Gasteiger partial charge in [0.05, 0.1) is 36.0 Å². The van der Waals surface area contributed by atoms with Gasteiger partial charge in [0.15, 0.2) is 0 Å². The molecule has 0 aromatic heterocycles. The predicted molar refractivity (Wildman–Crippen MR) is 141 cm³/mol. The van der Waals surface area contributed by atoms with E-state index in [0.29, 0.717) is 26.8 Å². The molecule has 0 saturated carbocycles. The molecule has 0 radical (unpaired) electrons. The van der Waals surface area contributed by atoms with Crippen LogP contribution >= 0.6 is 11.8 Å². The second-order valence-corrected chi connectivity index (χ2v) is 9.46. The van der Waals surface area contributed by atoms with Gasteiger partial charge in [0.25, 0.3) is 0 Å². The van der Waals surface area contributed by atoms with E-state index < -0.39 is 11.5 Å². The van der Waals surface area contributed by atoms with E-state index in [1.54, 1.807) is 33.0 Å². The normalized spacial score (nSPS) is 18.4. The van der Waals surface area contributed by atoms with Crippen molar-refractivity contribution in [2.45, 2.75) is 25.9 Å². The molecule has 0 aromatic carbocycles. The van der Waals surface area contributed by atoms with Gasteiger partial charge >= 0.3 is 0 Å². The Hall–Kier alpha value is -2.59. The molecule has 0 spiro atoms.